The molecule has 1 atom stereocenters. The monoisotopic (exact) mass is 529 g/mol. The first-order valence-corrected chi connectivity index (χ1v) is 12.0. The van der Waals surface area contributed by atoms with Gasteiger partial charge in [-0.25, -0.2) is 27.7 Å². The van der Waals surface area contributed by atoms with Crippen LogP contribution in [0.4, 0.5) is 18.0 Å². The number of hydrogen-bond acceptors (Lipinski definition) is 6. The second kappa shape index (κ2) is 10.3. The molecule has 3 aromatic rings. The van der Waals surface area contributed by atoms with Crippen molar-refractivity contribution < 1.29 is 32.2 Å². The molecule has 2 aromatic heterocycles. The van der Waals surface area contributed by atoms with Gasteiger partial charge in [-0.2, -0.15) is 0 Å². The first-order chi connectivity index (χ1) is 17.9. The van der Waals surface area contributed by atoms with Crippen LogP contribution >= 0.6 is 0 Å². The lowest BCUT2D eigenvalue weighted by molar-refractivity contribution is 0.0507. The van der Waals surface area contributed by atoms with E-state index in [0.29, 0.717) is 24.5 Å². The molecule has 1 amide bonds. The van der Waals surface area contributed by atoms with Crippen LogP contribution in [0.5, 0.6) is 0 Å². The molecule has 4 rings (SSSR count). The lowest BCUT2D eigenvalue weighted by atomic mass is 10.1. The van der Waals surface area contributed by atoms with Crippen LogP contribution in [0.15, 0.2) is 41.3 Å². The van der Waals surface area contributed by atoms with Crippen LogP contribution in [0.25, 0.3) is 22.3 Å². The molecule has 1 N–H and O–H groups in total. The minimum Gasteiger partial charge on any atom is -0.462 e. The zero-order valence-corrected chi connectivity index (χ0v) is 21.2. The van der Waals surface area contributed by atoms with E-state index in [9.17, 15) is 23.2 Å². The van der Waals surface area contributed by atoms with Crippen molar-refractivity contribution >= 4 is 28.7 Å². The molecular weight excluding hydrogens is 503 g/mol. The first-order valence-electron chi connectivity index (χ1n) is 12.0. The number of fused-ring (bicyclic) bond motifs is 1. The van der Waals surface area contributed by atoms with Gasteiger partial charge in [0.15, 0.2) is 0 Å². The quantitative estimate of drug-likeness (QED) is 0.465. The van der Waals surface area contributed by atoms with Crippen LogP contribution in [-0.2, 0) is 9.47 Å². The summed E-state index contributed by atoms with van der Waals surface area (Å²) in [5, 5.41) is 2.41. The largest absolute Gasteiger partial charge is 0.462 e. The van der Waals surface area contributed by atoms with Crippen molar-refractivity contribution in [2.45, 2.75) is 52.2 Å². The number of aromatic nitrogens is 2. The summed E-state index contributed by atoms with van der Waals surface area (Å²) in [4.78, 5) is 42.0. The number of pyridine rings is 2. The van der Waals surface area contributed by atoms with Crippen LogP contribution < -0.4 is 10.7 Å². The Balaban J connectivity index is 1.84. The highest BCUT2D eigenvalue weighted by Gasteiger charge is 2.26. The molecule has 0 saturated heterocycles. The zero-order chi connectivity index (χ0) is 27.8. The van der Waals surface area contributed by atoms with Gasteiger partial charge in [0.25, 0.3) is 0 Å². The van der Waals surface area contributed by atoms with Crippen molar-refractivity contribution in [2.24, 2.45) is 0 Å². The topological polar surface area (TPSA) is 99.5 Å². The maximum Gasteiger partial charge on any atom is 0.408 e. The van der Waals surface area contributed by atoms with Gasteiger partial charge in [-0.05, 0) is 64.3 Å². The SMILES string of the molecule is CCOC(=O)c1cn(-c2ccc(F)cc2F)c2nc(C3=CC(NC(=O)OC(C)(C)C)CC3)c(F)cc2c1=O. The first kappa shape index (κ1) is 26.9. The molecule has 1 unspecified atom stereocenters. The fourth-order valence-electron chi connectivity index (χ4n) is 4.15. The number of hydrogen-bond donors (Lipinski definition) is 1. The Morgan fingerprint density at radius 1 is 1.16 bits per heavy atom. The van der Waals surface area contributed by atoms with Crippen molar-refractivity contribution in [1.82, 2.24) is 14.9 Å². The smallest absolute Gasteiger partial charge is 0.408 e. The lowest BCUT2D eigenvalue weighted by Gasteiger charge is -2.21. The number of alkyl carbamates (subject to hydrolysis) is 1. The molecule has 0 aliphatic heterocycles. The summed E-state index contributed by atoms with van der Waals surface area (Å²) < 4.78 is 55.0. The third-order valence-corrected chi connectivity index (χ3v) is 5.73. The molecule has 0 radical (unpaired) electrons. The van der Waals surface area contributed by atoms with E-state index in [-0.39, 0.29) is 29.0 Å². The second-order valence-electron chi connectivity index (χ2n) is 9.73. The molecule has 2 heterocycles. The van der Waals surface area contributed by atoms with Gasteiger partial charge < -0.3 is 14.8 Å². The van der Waals surface area contributed by atoms with Crippen LogP contribution in [-0.4, -0.2) is 39.9 Å². The average Bonchev–Trinajstić information content (AvgIpc) is 3.26. The standard InChI is InChI=1S/C27H26F3N3O5/c1-5-37-25(35)18-13-33(21-9-7-15(28)11-19(21)29)24-17(23(18)34)12-20(30)22(32-24)14-6-8-16(10-14)31-26(36)38-27(2,3)4/h7,9-13,16H,5-6,8H2,1-4H3,(H,31,36). The van der Waals surface area contributed by atoms with Crippen LogP contribution in [0.1, 0.15) is 56.6 Å². The summed E-state index contributed by atoms with van der Waals surface area (Å²) in [6, 6.07) is 3.24. The molecular formula is C27H26F3N3O5. The van der Waals surface area contributed by atoms with E-state index in [1.165, 1.54) is 0 Å². The van der Waals surface area contributed by atoms with Gasteiger partial charge in [-0.15, -0.1) is 0 Å². The highest BCUT2D eigenvalue weighted by Crippen LogP contribution is 2.31. The number of carbonyl (C=O) groups excluding carboxylic acids is 2. The average molecular weight is 530 g/mol. The van der Waals surface area contributed by atoms with E-state index < -0.39 is 52.1 Å². The number of amides is 1. The molecule has 1 aromatic carbocycles. The summed E-state index contributed by atoms with van der Waals surface area (Å²) in [6.45, 7) is 6.71. The summed E-state index contributed by atoms with van der Waals surface area (Å²) in [5.41, 5.74) is -2.00. The molecule has 0 bridgehead atoms. The highest BCUT2D eigenvalue weighted by atomic mass is 19.1. The van der Waals surface area contributed by atoms with Crippen molar-refractivity contribution in [3.63, 3.8) is 0 Å². The number of benzene rings is 1. The number of nitrogens with zero attached hydrogens (tertiary/aromatic N) is 2. The predicted octanol–water partition coefficient (Wildman–Crippen LogP) is 5.05. The summed E-state index contributed by atoms with van der Waals surface area (Å²) in [6.07, 6.45) is 2.86. The van der Waals surface area contributed by atoms with Crippen molar-refractivity contribution in [3.8, 4) is 5.69 Å². The lowest BCUT2D eigenvalue weighted by Crippen LogP contribution is -2.37. The maximum absolute atomic E-state index is 15.3. The van der Waals surface area contributed by atoms with Gasteiger partial charge in [0.05, 0.1) is 23.7 Å². The van der Waals surface area contributed by atoms with Crippen molar-refractivity contribution in [1.29, 1.82) is 0 Å². The third-order valence-electron chi connectivity index (χ3n) is 5.73. The Bertz CT molecular complexity index is 1530. The second-order valence-corrected chi connectivity index (χ2v) is 9.73. The minimum atomic E-state index is -0.987. The minimum absolute atomic E-state index is 0.0284. The maximum atomic E-state index is 15.3. The molecule has 11 heteroatoms. The predicted molar refractivity (Wildman–Crippen MR) is 134 cm³/mol. The van der Waals surface area contributed by atoms with E-state index >= 15 is 4.39 Å². The Morgan fingerprint density at radius 2 is 1.89 bits per heavy atom. The van der Waals surface area contributed by atoms with E-state index in [0.717, 1.165) is 29.0 Å². The number of allylic oxidation sites excluding steroid dienone is 1. The van der Waals surface area contributed by atoms with Gasteiger partial charge in [0.2, 0.25) is 5.43 Å². The molecule has 0 fully saturated rings. The highest BCUT2D eigenvalue weighted by molar-refractivity contribution is 5.94. The van der Waals surface area contributed by atoms with Crippen molar-refractivity contribution in [2.75, 3.05) is 6.61 Å². The normalized spacial score (nSPS) is 15.3. The summed E-state index contributed by atoms with van der Waals surface area (Å²) in [5.74, 6) is -3.64. The summed E-state index contributed by atoms with van der Waals surface area (Å²) >= 11 is 0. The van der Waals surface area contributed by atoms with Gasteiger partial charge >= 0.3 is 12.1 Å². The number of esters is 1. The van der Waals surface area contributed by atoms with Crippen LogP contribution in [0.2, 0.25) is 0 Å². The number of ether oxygens (including phenoxy) is 2. The van der Waals surface area contributed by atoms with Gasteiger partial charge in [-0.3, -0.25) is 9.36 Å². The molecule has 8 nitrogen and oxygen atoms in total. The molecule has 0 spiro atoms. The summed E-state index contributed by atoms with van der Waals surface area (Å²) in [7, 11) is 0. The number of carbonyl (C=O) groups is 2. The number of nitrogens with one attached hydrogen (secondary N) is 1. The van der Waals surface area contributed by atoms with E-state index in [1.54, 1.807) is 33.8 Å². The van der Waals surface area contributed by atoms with Gasteiger partial charge in [0, 0.05) is 12.3 Å². The van der Waals surface area contributed by atoms with Crippen LogP contribution in [0.3, 0.4) is 0 Å². The third kappa shape index (κ3) is 5.56. The number of halogens is 3. The fraction of sp³-hybridized carbons (Fsp3) is 0.333. The molecule has 1 aliphatic carbocycles. The van der Waals surface area contributed by atoms with E-state index in [4.69, 9.17) is 9.47 Å². The number of rotatable bonds is 5. The zero-order valence-electron chi connectivity index (χ0n) is 21.2. The fourth-order valence-corrected chi connectivity index (χ4v) is 4.15. The van der Waals surface area contributed by atoms with Crippen molar-refractivity contribution in [3.05, 3.63) is 75.5 Å². The van der Waals surface area contributed by atoms with Gasteiger partial charge in [0.1, 0.15) is 40.0 Å². The van der Waals surface area contributed by atoms with E-state index in [2.05, 4.69) is 10.3 Å². The van der Waals surface area contributed by atoms with E-state index in [1.807, 2.05) is 0 Å². The Hall–Kier alpha value is -4.15. The van der Waals surface area contributed by atoms with Crippen LogP contribution in [0, 0.1) is 17.5 Å². The molecule has 38 heavy (non-hydrogen) atoms. The molecule has 200 valence electrons. The Kier molecular flexibility index (Phi) is 7.30. The van der Waals surface area contributed by atoms with Gasteiger partial charge in [-0.1, -0.05) is 6.08 Å². The molecule has 1 aliphatic rings. The molecule has 0 saturated carbocycles. The Labute approximate surface area is 216 Å². The Morgan fingerprint density at radius 3 is 2.55 bits per heavy atom.